The fourth-order valence-corrected chi connectivity index (χ4v) is 4.42. The average Bonchev–Trinajstić information content (AvgIpc) is 3.19. The largest absolute Gasteiger partial charge is 0.342 e. The fourth-order valence-electron chi connectivity index (χ4n) is 3.56. The van der Waals surface area contributed by atoms with Crippen molar-refractivity contribution in [2.45, 2.75) is 26.3 Å². The van der Waals surface area contributed by atoms with E-state index in [1.54, 1.807) is 23.5 Å². The summed E-state index contributed by atoms with van der Waals surface area (Å²) in [6.07, 6.45) is 0.459. The molecule has 6 heteroatoms. The molecule has 1 amide bonds. The highest BCUT2D eigenvalue weighted by Crippen LogP contribution is 2.32. The van der Waals surface area contributed by atoms with Crippen LogP contribution in [0.25, 0.3) is 11.3 Å². The summed E-state index contributed by atoms with van der Waals surface area (Å²) >= 11 is 1.57. The Morgan fingerprint density at radius 3 is 2.33 bits per heavy atom. The molecule has 166 valence electrons. The van der Waals surface area contributed by atoms with Gasteiger partial charge in [-0.15, -0.1) is 11.3 Å². The molecule has 4 rings (SSSR count). The van der Waals surface area contributed by atoms with Crippen LogP contribution in [0, 0.1) is 6.92 Å². The molecular formula is C27H25N3O2S. The molecule has 1 heterocycles. The van der Waals surface area contributed by atoms with E-state index in [1.807, 2.05) is 79.7 Å². The molecule has 0 bridgehead atoms. The molecule has 2 N–H and O–H groups in total. The molecule has 33 heavy (non-hydrogen) atoms. The maximum atomic E-state index is 12.9. The van der Waals surface area contributed by atoms with Crippen LogP contribution in [0.1, 0.15) is 27.7 Å². The number of rotatable bonds is 8. The van der Waals surface area contributed by atoms with Gasteiger partial charge in [0.15, 0.2) is 10.9 Å². The number of benzene rings is 3. The number of carbonyl (C=O) groups excluding carboxylic acids is 2. The number of amides is 1. The van der Waals surface area contributed by atoms with Gasteiger partial charge in [0.25, 0.3) is 5.91 Å². The molecule has 0 saturated carbocycles. The predicted octanol–water partition coefficient (Wildman–Crippen LogP) is 5.79. The van der Waals surface area contributed by atoms with Crippen LogP contribution in [-0.2, 0) is 11.2 Å². The van der Waals surface area contributed by atoms with Gasteiger partial charge in [0.05, 0.1) is 11.7 Å². The Hall–Kier alpha value is -3.77. The maximum Gasteiger partial charge on any atom is 0.251 e. The first-order valence-electron chi connectivity index (χ1n) is 10.7. The van der Waals surface area contributed by atoms with Gasteiger partial charge in [0.2, 0.25) is 0 Å². The molecule has 0 aliphatic heterocycles. The molecule has 0 unspecified atom stereocenters. The number of thiazole rings is 1. The first kappa shape index (κ1) is 22.4. The van der Waals surface area contributed by atoms with E-state index in [0.29, 0.717) is 12.0 Å². The van der Waals surface area contributed by atoms with Crippen molar-refractivity contribution in [1.29, 1.82) is 0 Å². The highest BCUT2D eigenvalue weighted by molar-refractivity contribution is 7.16. The van der Waals surface area contributed by atoms with Gasteiger partial charge in [-0.2, -0.15) is 0 Å². The van der Waals surface area contributed by atoms with Crippen molar-refractivity contribution in [2.24, 2.45) is 0 Å². The van der Waals surface area contributed by atoms with Crippen LogP contribution >= 0.6 is 11.3 Å². The molecule has 4 aromatic rings. The Labute approximate surface area is 197 Å². The second-order valence-corrected chi connectivity index (χ2v) is 9.03. The molecule has 1 aromatic heterocycles. The maximum absolute atomic E-state index is 12.9. The van der Waals surface area contributed by atoms with Crippen molar-refractivity contribution in [3.8, 4) is 11.3 Å². The Morgan fingerprint density at radius 2 is 1.64 bits per heavy atom. The minimum absolute atomic E-state index is 0.0758. The first-order valence-corrected chi connectivity index (χ1v) is 11.6. The number of aromatic nitrogens is 1. The van der Waals surface area contributed by atoms with E-state index in [0.717, 1.165) is 32.5 Å². The standard InChI is InChI=1S/C27H25N3O2S/c1-18(31)24(16-20-10-5-3-6-11-20)29-26(32)22-14-9-15-23(17-22)28-27-30-25(19(2)33-27)21-12-7-4-8-13-21/h3-15,17,24H,16H2,1-2H3,(H,28,30)(H,29,32)/t24-/m0/s1. The van der Waals surface area contributed by atoms with E-state index >= 15 is 0 Å². The van der Waals surface area contributed by atoms with Crippen molar-refractivity contribution in [3.63, 3.8) is 0 Å². The van der Waals surface area contributed by atoms with Crippen LogP contribution in [-0.4, -0.2) is 22.7 Å². The van der Waals surface area contributed by atoms with Gasteiger partial charge in [-0.1, -0.05) is 66.7 Å². The lowest BCUT2D eigenvalue weighted by molar-refractivity contribution is -0.118. The number of aryl methyl sites for hydroxylation is 1. The molecule has 5 nitrogen and oxygen atoms in total. The lowest BCUT2D eigenvalue weighted by Gasteiger charge is -2.16. The molecule has 0 aliphatic rings. The van der Waals surface area contributed by atoms with E-state index in [2.05, 4.69) is 10.6 Å². The lowest BCUT2D eigenvalue weighted by atomic mass is 10.0. The average molecular weight is 456 g/mol. The molecule has 0 fully saturated rings. The third-order valence-corrected chi connectivity index (χ3v) is 6.18. The van der Waals surface area contributed by atoms with Crippen LogP contribution < -0.4 is 10.6 Å². The summed E-state index contributed by atoms with van der Waals surface area (Å²) < 4.78 is 0. The van der Waals surface area contributed by atoms with Gasteiger partial charge in [-0.3, -0.25) is 9.59 Å². The summed E-state index contributed by atoms with van der Waals surface area (Å²) in [7, 11) is 0. The molecule has 0 spiro atoms. The van der Waals surface area contributed by atoms with E-state index in [4.69, 9.17) is 4.98 Å². The number of ketones is 1. The molecule has 0 radical (unpaired) electrons. The number of Topliss-reactive ketones (excluding diaryl/α,β-unsaturated/α-hetero) is 1. The van der Waals surface area contributed by atoms with Gasteiger partial charge >= 0.3 is 0 Å². The van der Waals surface area contributed by atoms with E-state index < -0.39 is 6.04 Å². The SMILES string of the molecule is CC(=O)[C@H](Cc1ccccc1)NC(=O)c1cccc(Nc2nc(-c3ccccc3)c(C)s2)c1. The molecule has 0 saturated heterocycles. The zero-order chi connectivity index (χ0) is 23.2. The number of carbonyl (C=O) groups is 2. The predicted molar refractivity (Wildman–Crippen MR) is 134 cm³/mol. The Balaban J connectivity index is 1.47. The third kappa shape index (κ3) is 5.73. The normalized spacial score (nSPS) is 11.6. The van der Waals surface area contributed by atoms with Crippen LogP contribution in [0.15, 0.2) is 84.9 Å². The third-order valence-electron chi connectivity index (χ3n) is 5.30. The number of nitrogens with one attached hydrogen (secondary N) is 2. The minimum atomic E-state index is -0.577. The molecule has 3 aromatic carbocycles. The smallest absolute Gasteiger partial charge is 0.251 e. The second kappa shape index (κ2) is 10.2. The number of hydrogen-bond acceptors (Lipinski definition) is 5. The fraction of sp³-hybridized carbons (Fsp3) is 0.148. The summed E-state index contributed by atoms with van der Waals surface area (Å²) in [6, 6.07) is 26.4. The quantitative estimate of drug-likeness (QED) is 0.353. The first-order chi connectivity index (χ1) is 16.0. The topological polar surface area (TPSA) is 71.1 Å². The van der Waals surface area contributed by atoms with E-state index in [-0.39, 0.29) is 11.7 Å². The van der Waals surface area contributed by atoms with Crippen LogP contribution in [0.3, 0.4) is 0 Å². The van der Waals surface area contributed by atoms with Crippen molar-refractivity contribution in [3.05, 3.63) is 101 Å². The lowest BCUT2D eigenvalue weighted by Crippen LogP contribution is -2.41. The highest BCUT2D eigenvalue weighted by Gasteiger charge is 2.19. The van der Waals surface area contributed by atoms with Gasteiger partial charge in [0.1, 0.15) is 0 Å². The second-order valence-electron chi connectivity index (χ2n) is 7.82. The zero-order valence-electron chi connectivity index (χ0n) is 18.5. The van der Waals surface area contributed by atoms with Crippen molar-refractivity contribution in [2.75, 3.05) is 5.32 Å². The summed E-state index contributed by atoms with van der Waals surface area (Å²) in [5.74, 6) is -0.358. The molecule has 1 atom stereocenters. The van der Waals surface area contributed by atoms with Gasteiger partial charge in [-0.25, -0.2) is 4.98 Å². The van der Waals surface area contributed by atoms with Crippen LogP contribution in [0.4, 0.5) is 10.8 Å². The number of hydrogen-bond donors (Lipinski definition) is 2. The molecular weight excluding hydrogens is 430 g/mol. The summed E-state index contributed by atoms with van der Waals surface area (Å²) in [4.78, 5) is 30.9. The van der Waals surface area contributed by atoms with Crippen molar-refractivity contribution < 1.29 is 9.59 Å². The van der Waals surface area contributed by atoms with E-state index in [1.165, 1.54) is 6.92 Å². The summed E-state index contributed by atoms with van der Waals surface area (Å²) in [5.41, 5.74) is 4.26. The Bertz CT molecular complexity index is 1250. The van der Waals surface area contributed by atoms with Gasteiger partial charge in [-0.05, 0) is 44.0 Å². The zero-order valence-corrected chi connectivity index (χ0v) is 19.4. The Morgan fingerprint density at radius 1 is 0.939 bits per heavy atom. The number of nitrogens with zero attached hydrogens (tertiary/aromatic N) is 1. The summed E-state index contributed by atoms with van der Waals surface area (Å²) in [5, 5.41) is 6.94. The van der Waals surface area contributed by atoms with Gasteiger partial charge in [0, 0.05) is 21.7 Å². The van der Waals surface area contributed by atoms with Crippen LogP contribution in [0.2, 0.25) is 0 Å². The van der Waals surface area contributed by atoms with Crippen molar-refractivity contribution >= 4 is 33.8 Å². The molecule has 0 aliphatic carbocycles. The van der Waals surface area contributed by atoms with Gasteiger partial charge < -0.3 is 10.6 Å². The van der Waals surface area contributed by atoms with Crippen molar-refractivity contribution in [1.82, 2.24) is 10.3 Å². The van der Waals surface area contributed by atoms with Crippen LogP contribution in [0.5, 0.6) is 0 Å². The minimum Gasteiger partial charge on any atom is -0.342 e. The summed E-state index contributed by atoms with van der Waals surface area (Å²) in [6.45, 7) is 3.55. The monoisotopic (exact) mass is 455 g/mol. The number of anilines is 2. The van der Waals surface area contributed by atoms with E-state index in [9.17, 15) is 9.59 Å². The Kier molecular flexibility index (Phi) is 6.95. The highest BCUT2D eigenvalue weighted by atomic mass is 32.1.